The standard InChI is InChI=1S/C3H9FP2/c1-3(5)6-2-4/h3,6H,2,5H2,1H3. The number of alkyl halides is 1. The maximum absolute atomic E-state index is 11.2. The summed E-state index contributed by atoms with van der Waals surface area (Å²) >= 11 is 0. The number of halogens is 1. The van der Waals surface area contributed by atoms with Gasteiger partial charge in [0.2, 0.25) is 0 Å². The molecule has 0 radical (unpaired) electrons. The third kappa shape index (κ3) is 4.79. The van der Waals surface area contributed by atoms with Gasteiger partial charge in [-0.25, -0.2) is 4.39 Å². The lowest BCUT2D eigenvalue weighted by molar-refractivity contribution is 0.602. The van der Waals surface area contributed by atoms with Crippen molar-refractivity contribution in [2.75, 3.05) is 6.42 Å². The summed E-state index contributed by atoms with van der Waals surface area (Å²) in [5.74, 6) is 0. The SMILES string of the molecule is CC(P)PCF. The van der Waals surface area contributed by atoms with Crippen LogP contribution in [0.5, 0.6) is 0 Å². The molecular formula is C3H9FP2. The molecule has 0 bridgehead atoms. The molecule has 0 N–H and O–H groups in total. The third-order valence-electron chi connectivity index (χ3n) is 0.399. The minimum atomic E-state index is -0.162. The van der Waals surface area contributed by atoms with Crippen LogP contribution in [0.2, 0.25) is 0 Å². The zero-order valence-electron chi connectivity index (χ0n) is 3.74. The van der Waals surface area contributed by atoms with Crippen LogP contribution < -0.4 is 0 Å². The lowest BCUT2D eigenvalue weighted by Crippen LogP contribution is -1.73. The van der Waals surface area contributed by atoms with Gasteiger partial charge in [0.25, 0.3) is 0 Å². The van der Waals surface area contributed by atoms with Crippen molar-refractivity contribution in [1.29, 1.82) is 0 Å². The summed E-state index contributed by atoms with van der Waals surface area (Å²) in [6, 6.07) is 0. The van der Waals surface area contributed by atoms with Crippen molar-refractivity contribution in [3.05, 3.63) is 0 Å². The maximum Gasteiger partial charge on any atom is 0.106 e. The first-order chi connectivity index (χ1) is 2.77. The smallest absolute Gasteiger partial charge is 0.106 e. The molecule has 0 heterocycles. The number of rotatable bonds is 2. The second kappa shape index (κ2) is 3.96. The van der Waals surface area contributed by atoms with Gasteiger partial charge >= 0.3 is 0 Å². The molecule has 0 fully saturated rings. The van der Waals surface area contributed by atoms with E-state index < -0.39 is 0 Å². The Morgan fingerprint density at radius 1 is 2.00 bits per heavy atom. The fraction of sp³-hybridized carbons (Fsp3) is 1.00. The number of hydrogen-bond donors (Lipinski definition) is 0. The highest BCUT2D eigenvalue weighted by atomic mass is 31.1. The van der Waals surface area contributed by atoms with Crippen molar-refractivity contribution in [3.8, 4) is 0 Å². The normalized spacial score (nSPS) is 16.5. The molecule has 6 heavy (non-hydrogen) atoms. The Hall–Kier alpha value is 0.790. The summed E-state index contributed by atoms with van der Waals surface area (Å²) in [4.78, 5) is 0. The average Bonchev–Trinajstić information content (AvgIpc) is 1.35. The molecule has 38 valence electrons. The minimum absolute atomic E-state index is 0.162. The van der Waals surface area contributed by atoms with Gasteiger partial charge in [-0.3, -0.25) is 0 Å². The summed E-state index contributed by atoms with van der Waals surface area (Å²) < 4.78 is 11.2. The highest BCUT2D eigenvalue weighted by Gasteiger charge is 1.87. The molecular weight excluding hydrogens is 117 g/mol. The molecule has 0 amide bonds. The van der Waals surface area contributed by atoms with E-state index in [4.69, 9.17) is 0 Å². The second-order valence-electron chi connectivity index (χ2n) is 1.13. The van der Waals surface area contributed by atoms with Gasteiger partial charge in [0.05, 0.1) is 0 Å². The number of hydrogen-bond acceptors (Lipinski definition) is 0. The molecule has 0 aromatic rings. The van der Waals surface area contributed by atoms with E-state index in [9.17, 15) is 4.39 Å². The van der Waals surface area contributed by atoms with Crippen molar-refractivity contribution in [3.63, 3.8) is 0 Å². The lowest BCUT2D eigenvalue weighted by atomic mass is 11.0. The first kappa shape index (κ1) is 6.79. The first-order valence-corrected chi connectivity index (χ1v) is 3.77. The van der Waals surface area contributed by atoms with Crippen molar-refractivity contribution in [2.24, 2.45) is 0 Å². The van der Waals surface area contributed by atoms with Crippen LogP contribution in [-0.2, 0) is 0 Å². The van der Waals surface area contributed by atoms with Crippen molar-refractivity contribution >= 4 is 17.8 Å². The van der Waals surface area contributed by atoms with E-state index in [0.29, 0.717) is 14.0 Å². The van der Waals surface area contributed by atoms with E-state index in [2.05, 4.69) is 9.24 Å². The monoisotopic (exact) mass is 126 g/mol. The topological polar surface area (TPSA) is 0 Å². The van der Waals surface area contributed by atoms with Crippen LogP contribution >= 0.6 is 17.8 Å². The van der Waals surface area contributed by atoms with E-state index in [1.165, 1.54) is 0 Å². The van der Waals surface area contributed by atoms with E-state index >= 15 is 0 Å². The van der Waals surface area contributed by atoms with Crippen LogP contribution in [0.4, 0.5) is 4.39 Å². The molecule has 0 aliphatic heterocycles. The van der Waals surface area contributed by atoms with Gasteiger partial charge in [-0.15, -0.1) is 9.24 Å². The van der Waals surface area contributed by atoms with Gasteiger partial charge in [0, 0.05) is 0 Å². The Kier molecular flexibility index (Phi) is 4.48. The molecule has 0 aromatic carbocycles. The summed E-state index contributed by atoms with van der Waals surface area (Å²) in [5, 5.41) is 0.468. The van der Waals surface area contributed by atoms with Crippen molar-refractivity contribution in [2.45, 2.75) is 12.3 Å². The highest BCUT2D eigenvalue weighted by molar-refractivity contribution is 7.49. The van der Waals surface area contributed by atoms with E-state index in [-0.39, 0.29) is 6.42 Å². The fourth-order valence-corrected chi connectivity index (χ4v) is 0.632. The van der Waals surface area contributed by atoms with Crippen LogP contribution in [0.3, 0.4) is 0 Å². The molecule has 0 aliphatic rings. The zero-order chi connectivity index (χ0) is 4.99. The zero-order valence-corrected chi connectivity index (χ0v) is 5.89. The highest BCUT2D eigenvalue weighted by Crippen LogP contribution is 2.22. The predicted molar refractivity (Wildman–Crippen MR) is 33.5 cm³/mol. The average molecular weight is 126 g/mol. The van der Waals surface area contributed by atoms with Gasteiger partial charge in [-0.05, 0) is 5.40 Å². The molecule has 0 saturated heterocycles. The molecule has 0 aromatic heterocycles. The van der Waals surface area contributed by atoms with Gasteiger partial charge in [-0.1, -0.05) is 15.5 Å². The van der Waals surface area contributed by atoms with Crippen LogP contribution in [0.1, 0.15) is 6.92 Å². The minimum Gasteiger partial charge on any atom is -0.246 e. The Labute approximate surface area is 41.9 Å². The Morgan fingerprint density at radius 3 is 2.50 bits per heavy atom. The Bertz CT molecular complexity index is 30.0. The second-order valence-corrected chi connectivity index (χ2v) is 4.38. The lowest BCUT2D eigenvalue weighted by Gasteiger charge is -1.94. The molecule has 0 spiro atoms. The van der Waals surface area contributed by atoms with Gasteiger partial charge in [0.15, 0.2) is 0 Å². The summed E-state index contributed by atoms with van der Waals surface area (Å²) in [7, 11) is 3.02. The fourth-order valence-electron chi connectivity index (χ4n) is 0.122. The maximum atomic E-state index is 11.2. The van der Waals surface area contributed by atoms with Gasteiger partial charge in [0.1, 0.15) is 6.42 Å². The van der Waals surface area contributed by atoms with Crippen molar-refractivity contribution < 1.29 is 4.39 Å². The van der Waals surface area contributed by atoms with Gasteiger partial charge < -0.3 is 0 Å². The first-order valence-electron chi connectivity index (χ1n) is 1.82. The third-order valence-corrected chi connectivity index (χ3v) is 1.90. The summed E-state index contributed by atoms with van der Waals surface area (Å²) in [6.07, 6.45) is -0.162. The van der Waals surface area contributed by atoms with E-state index in [1.54, 1.807) is 0 Å². The largest absolute Gasteiger partial charge is 0.246 e. The molecule has 0 aliphatic carbocycles. The van der Waals surface area contributed by atoms with E-state index in [1.807, 2.05) is 6.92 Å². The van der Waals surface area contributed by atoms with Crippen molar-refractivity contribution in [1.82, 2.24) is 0 Å². The molecule has 0 saturated carbocycles. The molecule has 3 atom stereocenters. The van der Waals surface area contributed by atoms with Crippen LogP contribution in [0, 0.1) is 0 Å². The van der Waals surface area contributed by atoms with Crippen LogP contribution in [-0.4, -0.2) is 11.8 Å². The van der Waals surface area contributed by atoms with Crippen LogP contribution in [0.25, 0.3) is 0 Å². The molecule has 0 rings (SSSR count). The molecule has 3 heteroatoms. The quantitative estimate of drug-likeness (QED) is 0.495. The Balaban J connectivity index is 2.63. The summed E-state index contributed by atoms with van der Waals surface area (Å²) in [5.41, 5.74) is 0. The predicted octanol–water partition coefficient (Wildman–Crippen LogP) is 1.81. The van der Waals surface area contributed by atoms with Gasteiger partial charge in [-0.2, -0.15) is 0 Å². The van der Waals surface area contributed by atoms with E-state index in [0.717, 1.165) is 0 Å². The summed E-state index contributed by atoms with van der Waals surface area (Å²) in [6.45, 7) is 1.99. The Morgan fingerprint density at radius 2 is 2.50 bits per heavy atom. The molecule has 0 nitrogen and oxygen atoms in total. The molecule has 3 unspecified atom stereocenters. The van der Waals surface area contributed by atoms with Crippen LogP contribution in [0.15, 0.2) is 0 Å².